The van der Waals surface area contributed by atoms with Gasteiger partial charge in [0.25, 0.3) is 0 Å². The summed E-state index contributed by atoms with van der Waals surface area (Å²) in [6, 6.07) is 5.55. The van der Waals surface area contributed by atoms with Crippen LogP contribution >= 0.6 is 0 Å². The van der Waals surface area contributed by atoms with Gasteiger partial charge in [-0.2, -0.15) is 0 Å². The molecule has 1 saturated carbocycles. The fraction of sp³-hybridized carbons (Fsp3) is 0.786. The van der Waals surface area contributed by atoms with Crippen LogP contribution in [0.2, 0.25) is 0 Å². The van der Waals surface area contributed by atoms with Crippen molar-refractivity contribution in [2.45, 2.75) is 95.0 Å². The minimum absolute atomic E-state index is 0.0884. The van der Waals surface area contributed by atoms with Crippen molar-refractivity contribution in [1.82, 2.24) is 10.2 Å². The maximum atomic E-state index is 14.2. The molecule has 0 amide bonds. The second-order valence-corrected chi connectivity index (χ2v) is 12.1. The first-order chi connectivity index (χ1) is 16.2. The highest BCUT2D eigenvalue weighted by Crippen LogP contribution is 2.43. The molecule has 3 heterocycles. The number of benzene rings is 1. The standard InChI is InChI=1S/C28H43FN2O3/c1-19(2)6-9-27(3,32)21-12-24(13-21)34-26-5-4-22(29)14-25(26)20-7-10-31(11-8-20)23-15-28(33-16-23)17-30-18-28/h4-5,14,19-21,23-24,30,32H,6-13,15-18H2,1-3H3/t21?,23?,24?,27-/m0/s1. The summed E-state index contributed by atoms with van der Waals surface area (Å²) in [5.74, 6) is 1.87. The van der Waals surface area contributed by atoms with E-state index < -0.39 is 5.60 Å². The van der Waals surface area contributed by atoms with Gasteiger partial charge in [0.1, 0.15) is 11.6 Å². The van der Waals surface area contributed by atoms with Gasteiger partial charge in [-0.3, -0.25) is 4.90 Å². The predicted octanol–water partition coefficient (Wildman–Crippen LogP) is 4.48. The maximum absolute atomic E-state index is 14.2. The molecule has 3 aliphatic heterocycles. The van der Waals surface area contributed by atoms with Crippen LogP contribution in [0.4, 0.5) is 4.39 Å². The third-order valence-corrected chi connectivity index (χ3v) is 9.04. The number of piperidine rings is 1. The van der Waals surface area contributed by atoms with Crippen LogP contribution in [0.1, 0.15) is 77.2 Å². The van der Waals surface area contributed by atoms with Crippen molar-refractivity contribution in [3.63, 3.8) is 0 Å². The summed E-state index contributed by atoms with van der Waals surface area (Å²) in [4.78, 5) is 2.58. The van der Waals surface area contributed by atoms with Crippen LogP contribution < -0.4 is 10.1 Å². The van der Waals surface area contributed by atoms with Crippen LogP contribution in [0, 0.1) is 17.7 Å². The maximum Gasteiger partial charge on any atom is 0.123 e. The van der Waals surface area contributed by atoms with E-state index >= 15 is 0 Å². The second-order valence-electron chi connectivity index (χ2n) is 12.1. The van der Waals surface area contributed by atoms with E-state index in [9.17, 15) is 9.50 Å². The summed E-state index contributed by atoms with van der Waals surface area (Å²) < 4.78 is 26.8. The molecule has 0 radical (unpaired) electrons. The van der Waals surface area contributed by atoms with Gasteiger partial charge in [0.15, 0.2) is 0 Å². The van der Waals surface area contributed by atoms with E-state index in [1.54, 1.807) is 6.07 Å². The number of nitrogens with one attached hydrogen (secondary N) is 1. The van der Waals surface area contributed by atoms with Crippen molar-refractivity contribution in [3.8, 4) is 5.75 Å². The van der Waals surface area contributed by atoms with Crippen molar-refractivity contribution in [3.05, 3.63) is 29.6 Å². The molecule has 1 aromatic carbocycles. The minimum atomic E-state index is -0.624. The molecule has 1 aliphatic carbocycles. The molecule has 5 nitrogen and oxygen atoms in total. The molecular formula is C28H43FN2O3. The van der Waals surface area contributed by atoms with Crippen LogP contribution in [0.25, 0.3) is 0 Å². The van der Waals surface area contributed by atoms with Crippen molar-refractivity contribution in [2.24, 2.45) is 11.8 Å². The Kier molecular flexibility index (Phi) is 6.97. The Balaban J connectivity index is 1.15. The number of rotatable bonds is 8. The number of likely N-dealkylation sites (tertiary alicyclic amines) is 1. The molecule has 2 atom stereocenters. The Morgan fingerprint density at radius 2 is 2.00 bits per heavy atom. The van der Waals surface area contributed by atoms with Crippen molar-refractivity contribution < 1.29 is 19.0 Å². The van der Waals surface area contributed by atoms with Crippen LogP contribution in [0.3, 0.4) is 0 Å². The Morgan fingerprint density at radius 3 is 2.62 bits per heavy atom. The van der Waals surface area contributed by atoms with Gasteiger partial charge in [-0.25, -0.2) is 4.39 Å². The summed E-state index contributed by atoms with van der Waals surface area (Å²) in [7, 11) is 0. The molecule has 1 aromatic rings. The lowest BCUT2D eigenvalue weighted by Crippen LogP contribution is -2.59. The lowest BCUT2D eigenvalue weighted by atomic mass is 9.69. The predicted molar refractivity (Wildman–Crippen MR) is 132 cm³/mol. The SMILES string of the molecule is CC(C)CC[C@](C)(O)C1CC(Oc2ccc(F)cc2C2CCN(C3COC4(CNC4)C3)CC2)C1. The van der Waals surface area contributed by atoms with E-state index in [1.807, 2.05) is 13.0 Å². The van der Waals surface area contributed by atoms with Crippen LogP contribution in [-0.2, 0) is 4.74 Å². The third kappa shape index (κ3) is 5.16. The van der Waals surface area contributed by atoms with E-state index in [1.165, 1.54) is 6.07 Å². The third-order valence-electron chi connectivity index (χ3n) is 9.04. The van der Waals surface area contributed by atoms with Crippen molar-refractivity contribution in [2.75, 3.05) is 32.8 Å². The number of aliphatic hydroxyl groups is 1. The highest BCUT2D eigenvalue weighted by Gasteiger charge is 2.47. The summed E-state index contributed by atoms with van der Waals surface area (Å²) in [5.41, 5.74) is 0.489. The molecule has 4 aliphatic rings. The second kappa shape index (κ2) is 9.68. The van der Waals surface area contributed by atoms with Crippen LogP contribution in [-0.4, -0.2) is 66.1 Å². The van der Waals surface area contributed by atoms with E-state index in [0.29, 0.717) is 17.9 Å². The average molecular weight is 475 g/mol. The molecule has 2 N–H and O–H groups in total. The van der Waals surface area contributed by atoms with Gasteiger partial charge < -0.3 is 19.9 Å². The highest BCUT2D eigenvalue weighted by molar-refractivity contribution is 5.37. The molecule has 34 heavy (non-hydrogen) atoms. The van der Waals surface area contributed by atoms with Gasteiger partial charge in [-0.15, -0.1) is 0 Å². The average Bonchev–Trinajstić information content (AvgIpc) is 3.22. The molecule has 0 aromatic heterocycles. The first-order valence-electron chi connectivity index (χ1n) is 13.5. The molecule has 6 heteroatoms. The zero-order valence-electron chi connectivity index (χ0n) is 21.2. The minimum Gasteiger partial charge on any atom is -0.490 e. The van der Waals surface area contributed by atoms with Gasteiger partial charge in [0.2, 0.25) is 0 Å². The first-order valence-corrected chi connectivity index (χ1v) is 13.5. The Labute approximate surface area is 204 Å². The van der Waals surface area contributed by atoms with Crippen molar-refractivity contribution in [1.29, 1.82) is 0 Å². The Bertz CT molecular complexity index is 842. The molecule has 5 rings (SSSR count). The number of halogens is 1. The quantitative estimate of drug-likeness (QED) is 0.582. The van der Waals surface area contributed by atoms with Gasteiger partial charge in [-0.1, -0.05) is 13.8 Å². The normalized spacial score (nSPS) is 31.3. The van der Waals surface area contributed by atoms with Crippen LogP contribution in [0.5, 0.6) is 5.75 Å². The number of hydrogen-bond donors (Lipinski definition) is 2. The number of hydrogen-bond acceptors (Lipinski definition) is 5. The molecule has 3 saturated heterocycles. The Morgan fingerprint density at radius 1 is 1.26 bits per heavy atom. The fourth-order valence-corrected chi connectivity index (χ4v) is 6.36. The summed E-state index contributed by atoms with van der Waals surface area (Å²) in [6.45, 7) is 11.2. The number of ether oxygens (including phenoxy) is 2. The van der Waals surface area contributed by atoms with Gasteiger partial charge in [0.05, 0.1) is 23.9 Å². The van der Waals surface area contributed by atoms with E-state index in [0.717, 1.165) is 89.0 Å². The molecular weight excluding hydrogens is 431 g/mol. The zero-order chi connectivity index (χ0) is 23.9. The fourth-order valence-electron chi connectivity index (χ4n) is 6.36. The van der Waals surface area contributed by atoms with Gasteiger partial charge >= 0.3 is 0 Å². The lowest BCUT2D eigenvalue weighted by molar-refractivity contribution is -0.0858. The number of nitrogens with zero attached hydrogens (tertiary/aromatic N) is 1. The summed E-state index contributed by atoms with van der Waals surface area (Å²) in [5, 5.41) is 14.3. The smallest absolute Gasteiger partial charge is 0.123 e. The topological polar surface area (TPSA) is 54.0 Å². The van der Waals surface area contributed by atoms with Gasteiger partial charge in [-0.05, 0) is 101 Å². The van der Waals surface area contributed by atoms with Crippen molar-refractivity contribution >= 4 is 0 Å². The first kappa shape index (κ1) is 24.5. The lowest BCUT2D eigenvalue weighted by Gasteiger charge is -2.44. The summed E-state index contributed by atoms with van der Waals surface area (Å²) in [6.07, 6.45) is 6.92. The molecule has 0 bridgehead atoms. The zero-order valence-corrected chi connectivity index (χ0v) is 21.2. The Hall–Kier alpha value is -1.21. The monoisotopic (exact) mass is 474 g/mol. The van der Waals surface area contributed by atoms with E-state index in [2.05, 4.69) is 24.1 Å². The summed E-state index contributed by atoms with van der Waals surface area (Å²) >= 11 is 0. The molecule has 1 unspecified atom stereocenters. The highest BCUT2D eigenvalue weighted by atomic mass is 19.1. The van der Waals surface area contributed by atoms with Gasteiger partial charge in [0, 0.05) is 24.7 Å². The van der Waals surface area contributed by atoms with E-state index in [-0.39, 0.29) is 23.4 Å². The molecule has 190 valence electrons. The molecule has 1 spiro atoms. The molecule has 4 fully saturated rings. The largest absolute Gasteiger partial charge is 0.490 e. The van der Waals surface area contributed by atoms with E-state index in [4.69, 9.17) is 9.47 Å². The van der Waals surface area contributed by atoms with Crippen LogP contribution in [0.15, 0.2) is 18.2 Å².